The van der Waals surface area contributed by atoms with Gasteiger partial charge in [0.25, 0.3) is 5.91 Å². The number of rotatable bonds is 6. The fourth-order valence-corrected chi connectivity index (χ4v) is 2.10. The fourth-order valence-electron chi connectivity index (χ4n) is 1.90. The van der Waals surface area contributed by atoms with Crippen molar-refractivity contribution in [3.05, 3.63) is 41.0 Å². The molecule has 26 heavy (non-hydrogen) atoms. The van der Waals surface area contributed by atoms with Gasteiger partial charge in [-0.25, -0.2) is 4.98 Å². The number of amides is 1. The van der Waals surface area contributed by atoms with Crippen LogP contribution in [0.5, 0.6) is 17.4 Å². The molecule has 140 valence electrons. The molecule has 1 aromatic carbocycles. The molecule has 0 saturated heterocycles. The van der Waals surface area contributed by atoms with E-state index in [-0.39, 0.29) is 22.2 Å². The maximum atomic E-state index is 12.2. The zero-order valence-electron chi connectivity index (χ0n) is 13.7. The number of halogens is 4. The number of hydrogen-bond acceptors (Lipinski definition) is 5. The smallest absolute Gasteiger partial charge is 0.422 e. The van der Waals surface area contributed by atoms with E-state index in [9.17, 15) is 18.0 Å². The topological polar surface area (TPSA) is 69.7 Å². The van der Waals surface area contributed by atoms with E-state index in [1.807, 2.05) is 0 Å². The van der Waals surface area contributed by atoms with E-state index in [1.54, 1.807) is 0 Å². The third-order valence-corrected chi connectivity index (χ3v) is 3.42. The molecule has 10 heteroatoms. The van der Waals surface area contributed by atoms with Crippen LogP contribution in [0.1, 0.15) is 10.4 Å². The number of methoxy groups -OCH3 is 2. The van der Waals surface area contributed by atoms with Gasteiger partial charge in [0.05, 0.1) is 30.5 Å². The van der Waals surface area contributed by atoms with Gasteiger partial charge in [-0.3, -0.25) is 4.79 Å². The van der Waals surface area contributed by atoms with Crippen molar-refractivity contribution in [2.45, 2.75) is 6.18 Å². The van der Waals surface area contributed by atoms with Crippen molar-refractivity contribution in [3.8, 4) is 17.4 Å². The van der Waals surface area contributed by atoms with Gasteiger partial charge in [-0.15, -0.1) is 0 Å². The number of nitrogens with zero attached hydrogens (tertiary/aromatic N) is 1. The summed E-state index contributed by atoms with van der Waals surface area (Å²) in [6.07, 6.45) is -3.38. The van der Waals surface area contributed by atoms with Crippen molar-refractivity contribution >= 4 is 23.2 Å². The quantitative estimate of drug-likeness (QED) is 0.809. The second-order valence-corrected chi connectivity index (χ2v) is 5.34. The lowest BCUT2D eigenvalue weighted by molar-refractivity contribution is -0.154. The van der Waals surface area contributed by atoms with Gasteiger partial charge in [-0.2, -0.15) is 13.2 Å². The van der Waals surface area contributed by atoms with Crippen molar-refractivity contribution in [2.24, 2.45) is 0 Å². The van der Waals surface area contributed by atoms with E-state index in [1.165, 1.54) is 32.4 Å². The Hall–Kier alpha value is -2.68. The lowest BCUT2D eigenvalue weighted by Gasteiger charge is -2.13. The highest BCUT2D eigenvalue weighted by atomic mass is 35.5. The molecule has 0 radical (unpaired) electrons. The lowest BCUT2D eigenvalue weighted by atomic mass is 10.2. The van der Waals surface area contributed by atoms with Gasteiger partial charge in [0.1, 0.15) is 0 Å². The Morgan fingerprint density at radius 2 is 1.85 bits per heavy atom. The fraction of sp³-hybridized carbons (Fsp3) is 0.250. The maximum Gasteiger partial charge on any atom is 0.422 e. The monoisotopic (exact) mass is 390 g/mol. The van der Waals surface area contributed by atoms with Crippen molar-refractivity contribution in [2.75, 3.05) is 26.1 Å². The van der Waals surface area contributed by atoms with E-state index in [2.05, 4.69) is 15.0 Å². The first-order chi connectivity index (χ1) is 12.2. The molecule has 6 nitrogen and oxygen atoms in total. The summed E-state index contributed by atoms with van der Waals surface area (Å²) in [5.74, 6) is -0.0541. The summed E-state index contributed by atoms with van der Waals surface area (Å²) < 4.78 is 51.0. The Morgan fingerprint density at radius 1 is 1.19 bits per heavy atom. The SMILES string of the molecule is COc1cc(Cl)c(NC(=O)c2ccc(OCC(F)(F)F)nc2)cc1OC. The van der Waals surface area contributed by atoms with E-state index in [4.69, 9.17) is 21.1 Å². The number of benzene rings is 1. The van der Waals surface area contributed by atoms with E-state index >= 15 is 0 Å². The molecule has 0 aliphatic heterocycles. The average molecular weight is 391 g/mol. The molecule has 0 aliphatic carbocycles. The Labute approximate surface area is 151 Å². The molecule has 1 amide bonds. The second kappa shape index (κ2) is 8.13. The number of carbonyl (C=O) groups is 1. The molecule has 1 aromatic heterocycles. The number of carbonyl (C=O) groups excluding carboxylic acids is 1. The summed E-state index contributed by atoms with van der Waals surface area (Å²) in [5.41, 5.74) is 0.377. The van der Waals surface area contributed by atoms with Gasteiger partial charge in [-0.1, -0.05) is 11.6 Å². The number of aromatic nitrogens is 1. The molecule has 2 aromatic rings. The standard InChI is InChI=1S/C16H14ClF3N2O4/c1-24-12-5-10(17)11(6-13(12)25-2)22-15(23)9-3-4-14(21-7-9)26-8-16(18,19)20/h3-7H,8H2,1-2H3,(H,22,23). The predicted octanol–water partition coefficient (Wildman–Crippen LogP) is 3.95. The molecule has 0 saturated carbocycles. The maximum absolute atomic E-state index is 12.2. The first kappa shape index (κ1) is 19.6. The van der Waals surface area contributed by atoms with Crippen molar-refractivity contribution in [1.82, 2.24) is 4.98 Å². The van der Waals surface area contributed by atoms with Crippen LogP contribution in [0.15, 0.2) is 30.5 Å². The highest BCUT2D eigenvalue weighted by Crippen LogP contribution is 2.36. The van der Waals surface area contributed by atoms with Crippen LogP contribution in [0.3, 0.4) is 0 Å². The summed E-state index contributed by atoms with van der Waals surface area (Å²) in [7, 11) is 2.88. The minimum atomic E-state index is -4.47. The Kier molecular flexibility index (Phi) is 6.14. The molecule has 2 rings (SSSR count). The molecular weight excluding hydrogens is 377 g/mol. The Morgan fingerprint density at radius 3 is 2.38 bits per heavy atom. The van der Waals surface area contributed by atoms with Crippen molar-refractivity contribution < 1.29 is 32.2 Å². The number of hydrogen-bond donors (Lipinski definition) is 1. The zero-order chi connectivity index (χ0) is 19.3. The van der Waals surface area contributed by atoms with E-state index in [0.29, 0.717) is 11.5 Å². The molecule has 0 unspecified atom stereocenters. The van der Waals surface area contributed by atoms with Gasteiger partial charge in [-0.05, 0) is 6.07 Å². The predicted molar refractivity (Wildman–Crippen MR) is 88.3 cm³/mol. The van der Waals surface area contributed by atoms with Crippen LogP contribution in [0, 0.1) is 0 Å². The van der Waals surface area contributed by atoms with E-state index < -0.39 is 18.7 Å². The minimum Gasteiger partial charge on any atom is -0.493 e. The van der Waals surface area contributed by atoms with Crippen molar-refractivity contribution in [3.63, 3.8) is 0 Å². The molecule has 0 aliphatic rings. The summed E-state index contributed by atoms with van der Waals surface area (Å²) >= 11 is 6.09. The van der Waals surface area contributed by atoms with Gasteiger partial charge < -0.3 is 19.5 Å². The molecule has 0 fully saturated rings. The van der Waals surface area contributed by atoms with Gasteiger partial charge in [0.15, 0.2) is 18.1 Å². The molecule has 0 atom stereocenters. The van der Waals surface area contributed by atoms with Crippen LogP contribution in [-0.4, -0.2) is 37.9 Å². The number of ether oxygens (including phenoxy) is 3. The molecule has 1 N–H and O–H groups in total. The summed E-state index contributed by atoms with van der Waals surface area (Å²) in [4.78, 5) is 15.9. The number of anilines is 1. The van der Waals surface area contributed by atoms with E-state index in [0.717, 1.165) is 12.3 Å². The minimum absolute atomic E-state index is 0.107. The number of alkyl halides is 3. The third-order valence-electron chi connectivity index (χ3n) is 3.10. The highest BCUT2D eigenvalue weighted by Gasteiger charge is 2.28. The second-order valence-electron chi connectivity index (χ2n) is 4.93. The van der Waals surface area contributed by atoms with Gasteiger partial charge in [0, 0.05) is 24.4 Å². The van der Waals surface area contributed by atoms with Crippen LogP contribution in [0.2, 0.25) is 5.02 Å². The van der Waals surface area contributed by atoms with Crippen LogP contribution < -0.4 is 19.5 Å². The number of pyridine rings is 1. The summed E-state index contributed by atoms with van der Waals surface area (Å²) in [6.45, 7) is -1.47. The van der Waals surface area contributed by atoms with Crippen LogP contribution in [-0.2, 0) is 0 Å². The largest absolute Gasteiger partial charge is 0.493 e. The first-order valence-electron chi connectivity index (χ1n) is 7.12. The Balaban J connectivity index is 2.10. The normalized spacial score (nSPS) is 11.0. The molecule has 0 spiro atoms. The van der Waals surface area contributed by atoms with Crippen LogP contribution in [0.4, 0.5) is 18.9 Å². The average Bonchev–Trinajstić information content (AvgIpc) is 2.61. The Bertz CT molecular complexity index is 782. The van der Waals surface area contributed by atoms with Gasteiger partial charge >= 0.3 is 6.18 Å². The lowest BCUT2D eigenvalue weighted by Crippen LogP contribution is -2.19. The molecule has 1 heterocycles. The van der Waals surface area contributed by atoms with Crippen LogP contribution >= 0.6 is 11.6 Å². The number of nitrogens with one attached hydrogen (secondary N) is 1. The van der Waals surface area contributed by atoms with Crippen molar-refractivity contribution in [1.29, 1.82) is 0 Å². The summed E-state index contributed by atoms with van der Waals surface area (Å²) in [5, 5.41) is 2.78. The third kappa shape index (κ3) is 5.16. The highest BCUT2D eigenvalue weighted by molar-refractivity contribution is 6.34. The van der Waals surface area contributed by atoms with Gasteiger partial charge in [0.2, 0.25) is 5.88 Å². The molecular formula is C16H14ClF3N2O4. The van der Waals surface area contributed by atoms with Crippen LogP contribution in [0.25, 0.3) is 0 Å². The first-order valence-corrected chi connectivity index (χ1v) is 7.49. The summed E-state index contributed by atoms with van der Waals surface area (Å²) in [6, 6.07) is 5.40. The molecule has 0 bridgehead atoms. The zero-order valence-corrected chi connectivity index (χ0v) is 14.4.